The number of aliphatic carboxylic acids is 1. The molecule has 17 heavy (non-hydrogen) atoms. The van der Waals surface area contributed by atoms with Gasteiger partial charge < -0.3 is 10.4 Å². The summed E-state index contributed by atoms with van der Waals surface area (Å²) >= 11 is 3.06. The van der Waals surface area contributed by atoms with Crippen LogP contribution in [0.1, 0.15) is 0 Å². The van der Waals surface area contributed by atoms with E-state index in [1.165, 1.54) is 18.2 Å². The van der Waals surface area contributed by atoms with E-state index >= 15 is 0 Å². The largest absolute Gasteiger partial charge is 0.479 e. The fourth-order valence-corrected chi connectivity index (χ4v) is 1.24. The highest BCUT2D eigenvalue weighted by molar-refractivity contribution is 9.10. The molecular formula is C9H8BrFN2O4. The lowest BCUT2D eigenvalue weighted by Crippen LogP contribution is -2.31. The van der Waals surface area contributed by atoms with Crippen molar-refractivity contribution in [3.05, 3.63) is 28.5 Å². The summed E-state index contributed by atoms with van der Waals surface area (Å²) < 4.78 is 13.8. The molecule has 2 amide bonds. The second-order valence-corrected chi connectivity index (χ2v) is 3.78. The van der Waals surface area contributed by atoms with E-state index in [9.17, 15) is 14.0 Å². The van der Waals surface area contributed by atoms with E-state index in [2.05, 4.69) is 26.1 Å². The Hall–Kier alpha value is -1.67. The van der Waals surface area contributed by atoms with Crippen LogP contribution >= 0.6 is 15.9 Å². The van der Waals surface area contributed by atoms with E-state index in [-0.39, 0.29) is 5.69 Å². The van der Waals surface area contributed by atoms with Gasteiger partial charge in [0.2, 0.25) is 0 Å². The number of hydrogen-bond donors (Lipinski definition) is 3. The topological polar surface area (TPSA) is 87.7 Å². The smallest absolute Gasteiger partial charge is 0.343 e. The number of amides is 2. The van der Waals surface area contributed by atoms with Crippen LogP contribution in [0, 0.1) is 5.82 Å². The van der Waals surface area contributed by atoms with E-state index in [1.807, 2.05) is 0 Å². The van der Waals surface area contributed by atoms with Crippen molar-refractivity contribution in [3.8, 4) is 0 Å². The predicted octanol–water partition coefficient (Wildman–Crippen LogP) is 1.73. The van der Waals surface area contributed by atoms with Crippen LogP contribution in [-0.4, -0.2) is 23.7 Å². The highest BCUT2D eigenvalue weighted by atomic mass is 79.9. The van der Waals surface area contributed by atoms with Gasteiger partial charge in [0, 0.05) is 4.47 Å². The molecule has 0 aliphatic rings. The zero-order chi connectivity index (χ0) is 12.8. The molecule has 0 bridgehead atoms. The Balaban J connectivity index is 2.48. The minimum Gasteiger partial charge on any atom is -0.479 e. The normalized spacial score (nSPS) is 9.76. The Kier molecular flexibility index (Phi) is 4.85. The standard InChI is InChI=1S/C9H8BrFN2O4/c10-5-1-2-7(6(11)3-5)12-9(16)13-17-4-8(14)15/h1-3H,4H2,(H,14,15)(H2,12,13,16). The van der Waals surface area contributed by atoms with Gasteiger partial charge in [-0.2, -0.15) is 0 Å². The maximum absolute atomic E-state index is 13.3. The highest BCUT2D eigenvalue weighted by Crippen LogP contribution is 2.18. The molecule has 0 saturated carbocycles. The van der Waals surface area contributed by atoms with Crippen LogP contribution in [0.2, 0.25) is 0 Å². The third-order valence-electron chi connectivity index (χ3n) is 1.54. The molecule has 1 aromatic rings. The molecule has 0 heterocycles. The molecule has 0 saturated heterocycles. The lowest BCUT2D eigenvalue weighted by atomic mass is 10.3. The van der Waals surface area contributed by atoms with Gasteiger partial charge in [-0.3, -0.25) is 4.84 Å². The lowest BCUT2D eigenvalue weighted by molar-refractivity contribution is -0.143. The van der Waals surface area contributed by atoms with Crippen molar-refractivity contribution in [2.24, 2.45) is 0 Å². The number of benzene rings is 1. The van der Waals surface area contributed by atoms with Crippen molar-refractivity contribution < 1.29 is 23.9 Å². The van der Waals surface area contributed by atoms with Gasteiger partial charge >= 0.3 is 12.0 Å². The maximum Gasteiger partial charge on any atom is 0.343 e. The minimum atomic E-state index is -1.24. The number of rotatable bonds is 4. The molecule has 0 aromatic heterocycles. The third-order valence-corrected chi connectivity index (χ3v) is 2.03. The average molecular weight is 307 g/mol. The first-order chi connectivity index (χ1) is 7.99. The number of carbonyl (C=O) groups is 2. The van der Waals surface area contributed by atoms with Crippen molar-refractivity contribution in [2.45, 2.75) is 0 Å². The molecule has 0 radical (unpaired) electrons. The average Bonchev–Trinajstić information content (AvgIpc) is 2.21. The van der Waals surface area contributed by atoms with Crippen molar-refractivity contribution in [2.75, 3.05) is 11.9 Å². The number of nitrogens with one attached hydrogen (secondary N) is 2. The molecule has 0 spiro atoms. The molecule has 0 atom stereocenters. The van der Waals surface area contributed by atoms with Crippen LogP contribution in [0.3, 0.4) is 0 Å². The number of hydroxylamine groups is 1. The number of carboxylic acid groups (broad SMARTS) is 1. The zero-order valence-corrected chi connectivity index (χ0v) is 9.95. The van der Waals surface area contributed by atoms with Gasteiger partial charge in [0.15, 0.2) is 6.61 Å². The first kappa shape index (κ1) is 13.4. The molecule has 1 aromatic carbocycles. The third kappa shape index (κ3) is 4.79. The van der Waals surface area contributed by atoms with E-state index in [0.29, 0.717) is 4.47 Å². The molecule has 0 unspecified atom stereocenters. The molecule has 6 nitrogen and oxygen atoms in total. The first-order valence-corrected chi connectivity index (χ1v) is 5.14. The summed E-state index contributed by atoms with van der Waals surface area (Å²) in [5.74, 6) is -1.87. The number of carbonyl (C=O) groups excluding carboxylic acids is 1. The fraction of sp³-hybridized carbons (Fsp3) is 0.111. The summed E-state index contributed by atoms with van der Waals surface area (Å²) in [7, 11) is 0. The van der Waals surface area contributed by atoms with E-state index in [0.717, 1.165) is 0 Å². The number of anilines is 1. The summed E-state index contributed by atoms with van der Waals surface area (Å²) in [5, 5.41) is 10.4. The Morgan fingerprint density at radius 3 is 2.76 bits per heavy atom. The molecule has 1 rings (SSSR count). The van der Waals surface area contributed by atoms with Crippen LogP contribution in [0.4, 0.5) is 14.9 Å². The van der Waals surface area contributed by atoms with Crippen molar-refractivity contribution >= 4 is 33.6 Å². The number of urea groups is 1. The van der Waals surface area contributed by atoms with E-state index in [1.54, 1.807) is 5.48 Å². The molecule has 0 aliphatic carbocycles. The fourth-order valence-electron chi connectivity index (χ4n) is 0.902. The van der Waals surface area contributed by atoms with Crippen LogP contribution in [0.25, 0.3) is 0 Å². The Bertz CT molecular complexity index is 441. The zero-order valence-electron chi connectivity index (χ0n) is 8.37. The Labute approximate surface area is 104 Å². The highest BCUT2D eigenvalue weighted by Gasteiger charge is 2.07. The number of carboxylic acids is 1. The SMILES string of the molecule is O=C(O)CONC(=O)Nc1ccc(Br)cc1F. The predicted molar refractivity (Wildman–Crippen MR) is 59.8 cm³/mol. The van der Waals surface area contributed by atoms with Crippen LogP contribution in [0.5, 0.6) is 0 Å². The van der Waals surface area contributed by atoms with Gasteiger partial charge in [-0.1, -0.05) is 15.9 Å². The molecule has 8 heteroatoms. The molecule has 92 valence electrons. The Morgan fingerprint density at radius 2 is 2.18 bits per heavy atom. The van der Waals surface area contributed by atoms with Crippen LogP contribution in [-0.2, 0) is 9.63 Å². The lowest BCUT2D eigenvalue weighted by Gasteiger charge is -2.07. The van der Waals surface area contributed by atoms with Gasteiger partial charge in [0.25, 0.3) is 0 Å². The quantitative estimate of drug-likeness (QED) is 0.739. The summed E-state index contributed by atoms with van der Waals surface area (Å²) in [6, 6.07) is 3.19. The summed E-state index contributed by atoms with van der Waals surface area (Å²) in [5.41, 5.74) is 1.74. The van der Waals surface area contributed by atoms with E-state index in [4.69, 9.17) is 5.11 Å². The van der Waals surface area contributed by atoms with Gasteiger partial charge in [-0.25, -0.2) is 19.5 Å². The summed E-state index contributed by atoms with van der Waals surface area (Å²) in [4.78, 5) is 25.5. The summed E-state index contributed by atoms with van der Waals surface area (Å²) in [6.45, 7) is -0.684. The van der Waals surface area contributed by atoms with Gasteiger partial charge in [0.1, 0.15) is 5.82 Å². The number of halogens is 2. The number of hydrogen-bond acceptors (Lipinski definition) is 3. The second kappa shape index (κ2) is 6.16. The van der Waals surface area contributed by atoms with Crippen molar-refractivity contribution in [1.29, 1.82) is 0 Å². The van der Waals surface area contributed by atoms with Gasteiger partial charge in [0.05, 0.1) is 5.69 Å². The molecule has 3 N–H and O–H groups in total. The van der Waals surface area contributed by atoms with Crippen LogP contribution < -0.4 is 10.8 Å². The van der Waals surface area contributed by atoms with Crippen molar-refractivity contribution in [1.82, 2.24) is 5.48 Å². The molecular weight excluding hydrogens is 299 g/mol. The maximum atomic E-state index is 13.3. The van der Waals surface area contributed by atoms with Gasteiger partial charge in [-0.05, 0) is 18.2 Å². The van der Waals surface area contributed by atoms with E-state index < -0.39 is 24.4 Å². The molecule has 0 aliphatic heterocycles. The molecule has 0 fully saturated rings. The summed E-state index contributed by atoms with van der Waals surface area (Å²) in [6.07, 6.45) is 0. The van der Waals surface area contributed by atoms with Crippen molar-refractivity contribution in [3.63, 3.8) is 0 Å². The first-order valence-electron chi connectivity index (χ1n) is 4.34. The van der Waals surface area contributed by atoms with Gasteiger partial charge in [-0.15, -0.1) is 0 Å². The second-order valence-electron chi connectivity index (χ2n) is 2.86. The monoisotopic (exact) mass is 306 g/mol. The van der Waals surface area contributed by atoms with Crippen LogP contribution in [0.15, 0.2) is 22.7 Å². The Morgan fingerprint density at radius 1 is 1.47 bits per heavy atom. The minimum absolute atomic E-state index is 0.0513.